The van der Waals surface area contributed by atoms with Gasteiger partial charge in [0.05, 0.1) is 14.4 Å². The van der Waals surface area contributed by atoms with Crippen LogP contribution < -0.4 is 0 Å². The Morgan fingerprint density at radius 1 is 1.32 bits per heavy atom. The Hall–Kier alpha value is -2.04. The Morgan fingerprint density at radius 2 is 2.14 bits per heavy atom. The molecule has 10 heteroatoms. The van der Waals surface area contributed by atoms with E-state index in [0.29, 0.717) is 16.7 Å². The molecule has 4 aromatic heterocycles. The third kappa shape index (κ3) is 3.89. The van der Waals surface area contributed by atoms with Crippen LogP contribution in [0.25, 0.3) is 21.0 Å². The third-order valence-electron chi connectivity index (χ3n) is 3.92. The number of aryl methyl sites for hydroxylation is 1. The molecule has 0 spiro atoms. The molecule has 0 aliphatic carbocycles. The molecule has 0 aromatic carbocycles. The minimum atomic E-state index is -0.407. The Morgan fingerprint density at radius 3 is 2.86 bits per heavy atom. The number of nitrogens with zero attached hydrogens (tertiary/aromatic N) is 4. The predicted molar refractivity (Wildman–Crippen MR) is 112 cm³/mol. The Balaban J connectivity index is 1.46. The molecule has 0 amide bonds. The summed E-state index contributed by atoms with van der Waals surface area (Å²) in [6.45, 7) is 6.97. The van der Waals surface area contributed by atoms with E-state index in [0.717, 1.165) is 31.1 Å². The molecule has 0 fully saturated rings. The molecule has 4 aromatic rings. The molecular weight excluding hydrogens is 464 g/mol. The Labute approximate surface area is 177 Å². The van der Waals surface area contributed by atoms with E-state index in [-0.39, 0.29) is 12.5 Å². The predicted octanol–water partition coefficient (Wildman–Crippen LogP) is 5.29. The fourth-order valence-electron chi connectivity index (χ4n) is 2.72. The summed E-state index contributed by atoms with van der Waals surface area (Å²) >= 11 is 6.28. The zero-order valence-electron chi connectivity index (χ0n) is 15.4. The molecule has 0 bridgehead atoms. The molecule has 146 valence electrons. The van der Waals surface area contributed by atoms with Gasteiger partial charge in [0.2, 0.25) is 0 Å². The first-order chi connectivity index (χ1) is 13.4. The first-order valence-corrected chi connectivity index (χ1v) is 11.1. The van der Waals surface area contributed by atoms with Crippen LogP contribution in [0.2, 0.25) is 0 Å². The monoisotopic (exact) mass is 480 g/mol. The summed E-state index contributed by atoms with van der Waals surface area (Å²) < 4.78 is 13.9. The first-order valence-electron chi connectivity index (χ1n) is 8.63. The van der Waals surface area contributed by atoms with Crippen LogP contribution in [-0.4, -0.2) is 25.9 Å². The molecule has 4 rings (SSSR count). The number of thiophene rings is 2. The van der Waals surface area contributed by atoms with Crippen molar-refractivity contribution in [2.24, 2.45) is 5.92 Å². The minimum Gasteiger partial charge on any atom is -0.451 e. The van der Waals surface area contributed by atoms with Gasteiger partial charge in [-0.15, -0.1) is 32.9 Å². The van der Waals surface area contributed by atoms with Gasteiger partial charge in [0, 0.05) is 11.9 Å². The largest absolute Gasteiger partial charge is 0.451 e. The van der Waals surface area contributed by atoms with Crippen molar-refractivity contribution >= 4 is 54.8 Å². The number of rotatable bonds is 6. The average Bonchev–Trinajstić information content (AvgIpc) is 3.39. The fourth-order valence-corrected chi connectivity index (χ4v) is 5.09. The summed E-state index contributed by atoms with van der Waals surface area (Å²) in [6, 6.07) is 5.63. The number of hydrogen-bond acceptors (Lipinski definition) is 8. The third-order valence-corrected chi connectivity index (χ3v) is 6.66. The molecule has 0 saturated carbocycles. The summed E-state index contributed by atoms with van der Waals surface area (Å²) in [5.74, 6) is 0.732. The van der Waals surface area contributed by atoms with E-state index < -0.39 is 5.97 Å². The van der Waals surface area contributed by atoms with Crippen LogP contribution >= 0.6 is 38.6 Å². The molecule has 0 atom stereocenters. The smallest absolute Gasteiger partial charge is 0.348 e. The maximum atomic E-state index is 12.5. The second-order valence-corrected chi connectivity index (χ2v) is 10.2. The van der Waals surface area contributed by atoms with Gasteiger partial charge in [-0.2, -0.15) is 5.10 Å². The second kappa shape index (κ2) is 7.76. The van der Waals surface area contributed by atoms with Crippen LogP contribution in [0.15, 0.2) is 26.4 Å². The highest BCUT2D eigenvalue weighted by Gasteiger charge is 2.19. The number of halogens is 1. The van der Waals surface area contributed by atoms with Crippen molar-refractivity contribution < 1.29 is 13.9 Å². The Bertz CT molecular complexity index is 1140. The fraction of sp³-hybridized carbons (Fsp3) is 0.333. The molecule has 0 aliphatic heterocycles. The molecule has 0 aliphatic rings. The molecule has 7 nitrogen and oxygen atoms in total. The number of aromatic nitrogens is 4. The van der Waals surface area contributed by atoms with Gasteiger partial charge < -0.3 is 9.15 Å². The van der Waals surface area contributed by atoms with Crippen molar-refractivity contribution in [2.45, 2.75) is 33.9 Å². The summed E-state index contributed by atoms with van der Waals surface area (Å²) in [6.07, 6.45) is 0. The molecule has 4 heterocycles. The normalized spacial score (nSPS) is 11.6. The van der Waals surface area contributed by atoms with Gasteiger partial charge in [0.1, 0.15) is 9.71 Å². The molecule has 0 unspecified atom stereocenters. The topological polar surface area (TPSA) is 83.0 Å². The lowest BCUT2D eigenvalue weighted by atomic mass is 10.2. The maximum Gasteiger partial charge on any atom is 0.348 e. The summed E-state index contributed by atoms with van der Waals surface area (Å²) in [5, 5.41) is 13.5. The van der Waals surface area contributed by atoms with Gasteiger partial charge in [-0.1, -0.05) is 13.8 Å². The highest BCUT2D eigenvalue weighted by Crippen LogP contribution is 2.31. The molecule has 0 N–H and O–H groups in total. The molecule has 0 radical (unpaired) electrons. The molecular formula is C18H17BrN4O3S2. The van der Waals surface area contributed by atoms with E-state index in [4.69, 9.17) is 9.15 Å². The summed E-state index contributed by atoms with van der Waals surface area (Å²) in [4.78, 5) is 14.9. The average molecular weight is 481 g/mol. The molecule has 0 saturated heterocycles. The van der Waals surface area contributed by atoms with E-state index in [1.54, 1.807) is 0 Å². The van der Waals surface area contributed by atoms with E-state index in [2.05, 4.69) is 45.1 Å². The van der Waals surface area contributed by atoms with Gasteiger partial charge in [-0.25, -0.2) is 4.79 Å². The highest BCUT2D eigenvalue weighted by atomic mass is 79.9. The summed E-state index contributed by atoms with van der Waals surface area (Å²) in [7, 11) is 0. The standard InChI is InChI=1S/C18H17BrN4O3S2/c1-9(2)7-23-17-11(10(3)22-23)6-13(28-17)18(24)25-8-15-20-21-16(26-15)12-4-5-14(19)27-12/h4-6,9H,7-8H2,1-3H3. The van der Waals surface area contributed by atoms with Gasteiger partial charge >= 0.3 is 5.97 Å². The van der Waals surface area contributed by atoms with Crippen LogP contribution in [0.1, 0.15) is 35.1 Å². The van der Waals surface area contributed by atoms with Crippen LogP contribution in [0, 0.1) is 12.8 Å². The minimum absolute atomic E-state index is 0.0657. The lowest BCUT2D eigenvalue weighted by Crippen LogP contribution is -2.06. The van der Waals surface area contributed by atoms with Gasteiger partial charge in [0.25, 0.3) is 11.8 Å². The summed E-state index contributed by atoms with van der Waals surface area (Å²) in [5.41, 5.74) is 0.912. The number of ether oxygens (including phenoxy) is 1. The van der Waals surface area contributed by atoms with Crippen molar-refractivity contribution in [3.63, 3.8) is 0 Å². The molecule has 28 heavy (non-hydrogen) atoms. The van der Waals surface area contributed by atoms with Crippen LogP contribution in [-0.2, 0) is 17.9 Å². The van der Waals surface area contributed by atoms with Crippen LogP contribution in [0.5, 0.6) is 0 Å². The first kappa shape index (κ1) is 19.3. The lowest BCUT2D eigenvalue weighted by molar-refractivity contribution is 0.0444. The van der Waals surface area contributed by atoms with Crippen molar-refractivity contribution in [1.82, 2.24) is 20.0 Å². The SMILES string of the molecule is Cc1nn(CC(C)C)c2sc(C(=O)OCc3nnc(-c4ccc(Br)s4)o3)cc12. The number of esters is 1. The zero-order valence-corrected chi connectivity index (χ0v) is 18.7. The van der Waals surface area contributed by atoms with Crippen molar-refractivity contribution in [3.05, 3.63) is 38.4 Å². The van der Waals surface area contributed by atoms with Crippen LogP contribution in [0.4, 0.5) is 0 Å². The van der Waals surface area contributed by atoms with Crippen molar-refractivity contribution in [3.8, 4) is 10.8 Å². The van der Waals surface area contributed by atoms with Crippen LogP contribution in [0.3, 0.4) is 0 Å². The van der Waals surface area contributed by atoms with Gasteiger partial charge in [-0.3, -0.25) is 4.68 Å². The number of carbonyl (C=O) groups is 1. The maximum absolute atomic E-state index is 12.5. The number of carbonyl (C=O) groups excluding carboxylic acids is 1. The van der Waals surface area contributed by atoms with E-state index in [1.807, 2.05) is 29.8 Å². The quantitative estimate of drug-likeness (QED) is 0.348. The van der Waals surface area contributed by atoms with E-state index in [1.165, 1.54) is 22.7 Å². The van der Waals surface area contributed by atoms with E-state index >= 15 is 0 Å². The van der Waals surface area contributed by atoms with Crippen molar-refractivity contribution in [1.29, 1.82) is 0 Å². The second-order valence-electron chi connectivity index (χ2n) is 6.67. The number of hydrogen-bond donors (Lipinski definition) is 0. The van der Waals surface area contributed by atoms with E-state index in [9.17, 15) is 4.79 Å². The zero-order chi connectivity index (χ0) is 19.8. The Kier molecular flexibility index (Phi) is 5.35. The lowest BCUT2D eigenvalue weighted by Gasteiger charge is -2.04. The van der Waals surface area contributed by atoms with Gasteiger partial charge in [-0.05, 0) is 47.0 Å². The van der Waals surface area contributed by atoms with Gasteiger partial charge in [0.15, 0.2) is 6.61 Å². The number of fused-ring (bicyclic) bond motifs is 1. The van der Waals surface area contributed by atoms with Crippen molar-refractivity contribution in [2.75, 3.05) is 0 Å². The highest BCUT2D eigenvalue weighted by molar-refractivity contribution is 9.11.